The maximum absolute atomic E-state index is 13.2. The monoisotopic (exact) mass is 327 g/mol. The summed E-state index contributed by atoms with van der Waals surface area (Å²) in [5.74, 6) is 0.180. The number of halogens is 1. The highest BCUT2D eigenvalue weighted by molar-refractivity contribution is 5.94. The second kappa shape index (κ2) is 6.27. The molecule has 1 heterocycles. The fraction of sp³-hybridized carbons (Fsp3) is 0.350. The smallest absolute Gasteiger partial charge is 0.251 e. The van der Waals surface area contributed by atoms with Crippen molar-refractivity contribution in [2.75, 3.05) is 6.54 Å². The first-order chi connectivity index (χ1) is 11.3. The molecular formula is C20H22FNO2. The Hall–Kier alpha value is -2.36. The maximum Gasteiger partial charge on any atom is 0.251 e. The Morgan fingerprint density at radius 2 is 2.04 bits per heavy atom. The van der Waals surface area contributed by atoms with E-state index in [1.807, 2.05) is 6.07 Å². The third-order valence-electron chi connectivity index (χ3n) is 4.24. The Labute approximate surface area is 141 Å². The summed E-state index contributed by atoms with van der Waals surface area (Å²) < 4.78 is 19.1. The summed E-state index contributed by atoms with van der Waals surface area (Å²) in [6.07, 6.45) is 0.676. The molecule has 0 saturated heterocycles. The van der Waals surface area contributed by atoms with Crippen LogP contribution in [-0.4, -0.2) is 18.6 Å². The Balaban J connectivity index is 1.61. The number of amides is 1. The Bertz CT molecular complexity index is 764. The van der Waals surface area contributed by atoms with Gasteiger partial charge in [0.15, 0.2) is 0 Å². The van der Waals surface area contributed by atoms with Gasteiger partial charge in [-0.15, -0.1) is 0 Å². The van der Waals surface area contributed by atoms with Gasteiger partial charge in [0.2, 0.25) is 0 Å². The van der Waals surface area contributed by atoms with Crippen LogP contribution in [0.4, 0.5) is 4.39 Å². The lowest BCUT2D eigenvalue weighted by Gasteiger charge is -2.19. The maximum atomic E-state index is 13.2. The van der Waals surface area contributed by atoms with Crippen LogP contribution in [0.15, 0.2) is 42.5 Å². The van der Waals surface area contributed by atoms with Crippen LogP contribution in [0, 0.1) is 5.82 Å². The highest BCUT2D eigenvalue weighted by Crippen LogP contribution is 2.33. The van der Waals surface area contributed by atoms with Crippen LogP contribution < -0.4 is 10.1 Å². The number of carbonyl (C=O) groups excluding carboxylic acids is 1. The number of benzene rings is 2. The molecule has 0 aliphatic carbocycles. The summed E-state index contributed by atoms with van der Waals surface area (Å²) in [6.45, 7) is 6.94. The van der Waals surface area contributed by atoms with Gasteiger partial charge in [-0.3, -0.25) is 4.79 Å². The zero-order valence-electron chi connectivity index (χ0n) is 14.2. The summed E-state index contributed by atoms with van der Waals surface area (Å²) in [5, 5.41) is 2.82. The van der Waals surface area contributed by atoms with Gasteiger partial charge >= 0.3 is 0 Å². The van der Waals surface area contributed by atoms with Gasteiger partial charge in [0.25, 0.3) is 5.91 Å². The Morgan fingerprint density at radius 1 is 1.25 bits per heavy atom. The molecule has 3 rings (SSSR count). The number of ether oxygens (including phenoxy) is 1. The van der Waals surface area contributed by atoms with E-state index in [2.05, 4.69) is 38.2 Å². The van der Waals surface area contributed by atoms with Crippen molar-refractivity contribution in [3.8, 4) is 5.75 Å². The lowest BCUT2D eigenvalue weighted by atomic mass is 9.86. The van der Waals surface area contributed by atoms with Crippen molar-refractivity contribution in [2.24, 2.45) is 0 Å². The van der Waals surface area contributed by atoms with Crippen molar-refractivity contribution in [3.63, 3.8) is 0 Å². The minimum absolute atomic E-state index is 0.0901. The molecular weight excluding hydrogens is 305 g/mol. The molecule has 126 valence electrons. The largest absolute Gasteiger partial charge is 0.488 e. The fourth-order valence-electron chi connectivity index (χ4n) is 2.84. The number of carbonyl (C=O) groups is 1. The topological polar surface area (TPSA) is 38.3 Å². The first-order valence-corrected chi connectivity index (χ1v) is 8.17. The minimum atomic E-state index is -0.415. The van der Waals surface area contributed by atoms with Gasteiger partial charge in [0.05, 0.1) is 6.54 Å². The van der Waals surface area contributed by atoms with E-state index in [0.717, 1.165) is 12.2 Å². The highest BCUT2D eigenvalue weighted by atomic mass is 19.1. The van der Waals surface area contributed by atoms with Crippen LogP contribution in [0.5, 0.6) is 5.75 Å². The molecule has 3 nitrogen and oxygen atoms in total. The first-order valence-electron chi connectivity index (χ1n) is 8.17. The third-order valence-corrected chi connectivity index (χ3v) is 4.24. The third kappa shape index (κ3) is 3.58. The van der Waals surface area contributed by atoms with Crippen LogP contribution in [0.2, 0.25) is 0 Å². The van der Waals surface area contributed by atoms with Crippen molar-refractivity contribution >= 4 is 5.91 Å². The molecule has 24 heavy (non-hydrogen) atoms. The van der Waals surface area contributed by atoms with Crippen LogP contribution in [-0.2, 0) is 11.8 Å². The zero-order chi connectivity index (χ0) is 17.3. The van der Waals surface area contributed by atoms with Gasteiger partial charge in [-0.25, -0.2) is 4.39 Å². The Morgan fingerprint density at radius 3 is 2.75 bits per heavy atom. The summed E-state index contributed by atoms with van der Waals surface area (Å²) in [4.78, 5) is 12.1. The average Bonchev–Trinajstić information content (AvgIpc) is 2.93. The van der Waals surface area contributed by atoms with E-state index in [1.165, 1.54) is 29.3 Å². The van der Waals surface area contributed by atoms with Gasteiger partial charge in [0.1, 0.15) is 17.7 Å². The second-order valence-corrected chi connectivity index (χ2v) is 7.24. The molecule has 0 spiro atoms. The lowest BCUT2D eigenvalue weighted by molar-refractivity contribution is 0.0933. The lowest BCUT2D eigenvalue weighted by Crippen LogP contribution is -2.34. The van der Waals surface area contributed by atoms with Crippen molar-refractivity contribution in [2.45, 2.75) is 38.7 Å². The summed E-state index contributed by atoms with van der Waals surface area (Å²) in [5.41, 5.74) is 2.86. The molecule has 1 atom stereocenters. The van der Waals surface area contributed by atoms with Gasteiger partial charge in [-0.1, -0.05) is 39.0 Å². The number of hydrogen-bond donors (Lipinski definition) is 1. The van der Waals surface area contributed by atoms with Gasteiger partial charge in [0, 0.05) is 12.0 Å². The molecule has 0 fully saturated rings. The zero-order valence-corrected chi connectivity index (χ0v) is 14.2. The van der Waals surface area contributed by atoms with E-state index in [9.17, 15) is 9.18 Å². The van der Waals surface area contributed by atoms with Crippen molar-refractivity contribution < 1.29 is 13.9 Å². The van der Waals surface area contributed by atoms with E-state index in [1.54, 1.807) is 6.07 Å². The highest BCUT2D eigenvalue weighted by Gasteiger charge is 2.25. The predicted molar refractivity (Wildman–Crippen MR) is 92.0 cm³/mol. The van der Waals surface area contributed by atoms with E-state index in [4.69, 9.17) is 4.74 Å². The quantitative estimate of drug-likeness (QED) is 0.930. The summed E-state index contributed by atoms with van der Waals surface area (Å²) in [6, 6.07) is 12.0. The van der Waals surface area contributed by atoms with Crippen LogP contribution in [0.25, 0.3) is 0 Å². The van der Waals surface area contributed by atoms with Crippen LogP contribution >= 0.6 is 0 Å². The van der Waals surface area contributed by atoms with Gasteiger partial charge in [-0.05, 0) is 40.8 Å². The normalized spacial score (nSPS) is 16.4. The molecule has 2 aromatic carbocycles. The molecule has 1 aliphatic heterocycles. The fourth-order valence-corrected chi connectivity index (χ4v) is 2.84. The van der Waals surface area contributed by atoms with E-state index < -0.39 is 5.82 Å². The summed E-state index contributed by atoms with van der Waals surface area (Å²) >= 11 is 0. The molecule has 4 heteroatoms. The molecule has 2 aromatic rings. The van der Waals surface area contributed by atoms with E-state index in [-0.39, 0.29) is 17.4 Å². The SMILES string of the molecule is CC(C)(C)c1ccc2c(c1)CC(CNC(=O)c1cccc(F)c1)O2. The van der Waals surface area contributed by atoms with Crippen molar-refractivity contribution in [1.29, 1.82) is 0 Å². The van der Waals surface area contributed by atoms with E-state index in [0.29, 0.717) is 12.1 Å². The molecule has 0 bridgehead atoms. The van der Waals surface area contributed by atoms with Crippen LogP contribution in [0.3, 0.4) is 0 Å². The number of fused-ring (bicyclic) bond motifs is 1. The van der Waals surface area contributed by atoms with Gasteiger partial charge in [-0.2, -0.15) is 0 Å². The molecule has 1 aliphatic rings. The molecule has 1 N–H and O–H groups in total. The summed E-state index contributed by atoms with van der Waals surface area (Å²) in [7, 11) is 0. The second-order valence-electron chi connectivity index (χ2n) is 7.24. The predicted octanol–water partition coefficient (Wildman–Crippen LogP) is 3.86. The number of nitrogens with one attached hydrogen (secondary N) is 1. The standard InChI is InChI=1S/C20H22FNO2/c1-20(2,3)15-7-8-18-14(9-15)11-17(24-18)12-22-19(23)13-5-4-6-16(21)10-13/h4-10,17H,11-12H2,1-3H3,(H,22,23). The van der Waals surface area contributed by atoms with Crippen molar-refractivity contribution in [3.05, 3.63) is 65.0 Å². The molecule has 1 amide bonds. The molecule has 0 radical (unpaired) electrons. The number of rotatable bonds is 3. The van der Waals surface area contributed by atoms with Crippen LogP contribution in [0.1, 0.15) is 42.3 Å². The average molecular weight is 327 g/mol. The molecule has 1 unspecified atom stereocenters. The van der Waals surface area contributed by atoms with E-state index >= 15 is 0 Å². The Kier molecular flexibility index (Phi) is 4.31. The molecule has 0 saturated carbocycles. The molecule has 0 aromatic heterocycles. The number of hydrogen-bond acceptors (Lipinski definition) is 2. The first kappa shape index (κ1) is 16.5. The van der Waals surface area contributed by atoms with Crippen molar-refractivity contribution in [1.82, 2.24) is 5.32 Å². The van der Waals surface area contributed by atoms with Gasteiger partial charge < -0.3 is 10.1 Å². The minimum Gasteiger partial charge on any atom is -0.488 e.